The van der Waals surface area contributed by atoms with Gasteiger partial charge in [-0.1, -0.05) is 32.9 Å². The van der Waals surface area contributed by atoms with E-state index in [9.17, 15) is 4.79 Å². The lowest BCUT2D eigenvalue weighted by molar-refractivity contribution is 0.0607. The van der Waals surface area contributed by atoms with Crippen LogP contribution in [-0.4, -0.2) is 29.3 Å². The van der Waals surface area contributed by atoms with Crippen LogP contribution in [0.4, 0.5) is 0 Å². The van der Waals surface area contributed by atoms with Gasteiger partial charge in [-0.05, 0) is 57.5 Å². The van der Waals surface area contributed by atoms with Crippen LogP contribution >= 0.6 is 0 Å². The van der Waals surface area contributed by atoms with E-state index in [1.165, 1.54) is 11.1 Å². The smallest absolute Gasteiger partial charge is 0.182 e. The Kier molecular flexibility index (Phi) is 5.30. The van der Waals surface area contributed by atoms with Gasteiger partial charge in [0.2, 0.25) is 0 Å². The largest absolute Gasteiger partial charge is 0.292 e. The number of hydrogen-bond donors (Lipinski definition) is 0. The van der Waals surface area contributed by atoms with Gasteiger partial charge in [0.25, 0.3) is 0 Å². The average Bonchev–Trinajstić information content (AvgIpc) is 2.42. The maximum absolute atomic E-state index is 12.9. The Morgan fingerprint density at radius 1 is 1.11 bits per heavy atom. The molecule has 19 heavy (non-hydrogen) atoms. The van der Waals surface area contributed by atoms with E-state index < -0.39 is 5.54 Å². The molecule has 0 radical (unpaired) electrons. The van der Waals surface area contributed by atoms with E-state index in [1.54, 1.807) is 0 Å². The standard InChI is InChI=1S/C17H27NO/c1-7-17(6,18(8-2)9-3)16(19)15-11-10-13(4)14(5)12-15/h10-12H,7-9H2,1-6H3. The molecule has 0 aliphatic rings. The third-order valence-electron chi connectivity index (χ3n) is 4.41. The summed E-state index contributed by atoms with van der Waals surface area (Å²) >= 11 is 0. The fourth-order valence-corrected chi connectivity index (χ4v) is 2.64. The summed E-state index contributed by atoms with van der Waals surface area (Å²) in [5.74, 6) is 0.238. The SMILES string of the molecule is CCN(CC)C(C)(CC)C(=O)c1ccc(C)c(C)c1. The molecule has 0 saturated heterocycles. The maximum atomic E-state index is 12.9. The lowest BCUT2D eigenvalue weighted by Gasteiger charge is -2.38. The minimum Gasteiger partial charge on any atom is -0.292 e. The van der Waals surface area contributed by atoms with Crippen molar-refractivity contribution >= 4 is 5.78 Å². The van der Waals surface area contributed by atoms with Crippen molar-refractivity contribution in [2.45, 2.75) is 53.5 Å². The number of nitrogens with zero attached hydrogens (tertiary/aromatic N) is 1. The summed E-state index contributed by atoms with van der Waals surface area (Å²) in [6, 6.07) is 6.03. The maximum Gasteiger partial charge on any atom is 0.182 e. The van der Waals surface area contributed by atoms with Crippen LogP contribution < -0.4 is 0 Å². The summed E-state index contributed by atoms with van der Waals surface area (Å²) in [5, 5.41) is 0. The van der Waals surface area contributed by atoms with E-state index in [0.29, 0.717) is 0 Å². The third-order valence-corrected chi connectivity index (χ3v) is 4.41. The van der Waals surface area contributed by atoms with Crippen LogP contribution in [0.5, 0.6) is 0 Å². The Bertz CT molecular complexity index is 449. The highest BCUT2D eigenvalue weighted by Gasteiger charge is 2.36. The van der Waals surface area contributed by atoms with Crippen LogP contribution in [0.3, 0.4) is 0 Å². The average molecular weight is 261 g/mol. The highest BCUT2D eigenvalue weighted by molar-refractivity contribution is 6.03. The summed E-state index contributed by atoms with van der Waals surface area (Å²) in [5.41, 5.74) is 2.85. The predicted octanol–water partition coefficient (Wildman–Crippen LogP) is 4.00. The van der Waals surface area contributed by atoms with Gasteiger partial charge in [-0.15, -0.1) is 0 Å². The number of hydrogen-bond acceptors (Lipinski definition) is 2. The Balaban J connectivity index is 3.17. The number of aryl methyl sites for hydroxylation is 2. The fraction of sp³-hybridized carbons (Fsp3) is 0.588. The van der Waals surface area contributed by atoms with Crippen molar-refractivity contribution in [1.82, 2.24) is 4.90 Å². The number of benzene rings is 1. The summed E-state index contributed by atoms with van der Waals surface area (Å²) in [6.45, 7) is 14.3. The summed E-state index contributed by atoms with van der Waals surface area (Å²) in [4.78, 5) is 15.1. The zero-order valence-electron chi connectivity index (χ0n) is 13.2. The van der Waals surface area contributed by atoms with Crippen LogP contribution in [0.15, 0.2) is 18.2 Å². The number of ketones is 1. The van der Waals surface area contributed by atoms with E-state index in [0.717, 1.165) is 25.1 Å². The summed E-state index contributed by atoms with van der Waals surface area (Å²) in [6.07, 6.45) is 0.834. The van der Waals surface area contributed by atoms with Crippen LogP contribution in [0, 0.1) is 13.8 Å². The van der Waals surface area contributed by atoms with Gasteiger partial charge in [0.15, 0.2) is 5.78 Å². The molecule has 2 nitrogen and oxygen atoms in total. The van der Waals surface area contributed by atoms with Crippen molar-refractivity contribution < 1.29 is 4.79 Å². The van der Waals surface area contributed by atoms with Gasteiger partial charge >= 0.3 is 0 Å². The van der Waals surface area contributed by atoms with Crippen molar-refractivity contribution in [2.75, 3.05) is 13.1 Å². The Hall–Kier alpha value is -1.15. The van der Waals surface area contributed by atoms with Crippen molar-refractivity contribution in [1.29, 1.82) is 0 Å². The first-order chi connectivity index (χ1) is 8.90. The van der Waals surface area contributed by atoms with Gasteiger partial charge in [0, 0.05) is 5.56 Å². The number of carbonyl (C=O) groups is 1. The molecule has 0 amide bonds. The second-order valence-electron chi connectivity index (χ2n) is 5.43. The molecule has 0 N–H and O–H groups in total. The minimum atomic E-state index is -0.398. The second kappa shape index (κ2) is 6.33. The Morgan fingerprint density at radius 3 is 2.11 bits per heavy atom. The molecule has 0 aliphatic carbocycles. The van der Waals surface area contributed by atoms with Crippen molar-refractivity contribution in [3.8, 4) is 0 Å². The van der Waals surface area contributed by atoms with Crippen molar-refractivity contribution in [2.24, 2.45) is 0 Å². The zero-order chi connectivity index (χ0) is 14.6. The molecular formula is C17H27NO. The van der Waals surface area contributed by atoms with Gasteiger partial charge in [0.05, 0.1) is 5.54 Å². The quantitative estimate of drug-likeness (QED) is 0.721. The molecule has 1 atom stereocenters. The normalized spacial score (nSPS) is 14.5. The topological polar surface area (TPSA) is 20.3 Å². The van der Waals surface area contributed by atoms with E-state index >= 15 is 0 Å². The predicted molar refractivity (Wildman–Crippen MR) is 81.9 cm³/mol. The van der Waals surface area contributed by atoms with Crippen LogP contribution in [0.1, 0.15) is 55.6 Å². The lowest BCUT2D eigenvalue weighted by Crippen LogP contribution is -2.51. The van der Waals surface area contributed by atoms with Gasteiger partial charge < -0.3 is 0 Å². The monoisotopic (exact) mass is 261 g/mol. The molecule has 0 heterocycles. The number of rotatable bonds is 6. The summed E-state index contributed by atoms with van der Waals surface area (Å²) in [7, 11) is 0. The van der Waals surface area contributed by atoms with Crippen molar-refractivity contribution in [3.05, 3.63) is 34.9 Å². The zero-order valence-corrected chi connectivity index (χ0v) is 13.2. The molecule has 1 aromatic rings. The number of Topliss-reactive ketones (excluding diaryl/α,β-unsaturated/α-hetero) is 1. The Labute approximate surface area is 117 Å². The van der Waals surface area contributed by atoms with Gasteiger partial charge in [0.1, 0.15) is 0 Å². The highest BCUT2D eigenvalue weighted by atomic mass is 16.1. The van der Waals surface area contributed by atoms with E-state index in [1.807, 2.05) is 18.2 Å². The fourth-order valence-electron chi connectivity index (χ4n) is 2.64. The molecule has 1 unspecified atom stereocenters. The molecular weight excluding hydrogens is 234 g/mol. The molecule has 0 saturated carbocycles. The molecule has 0 spiro atoms. The molecule has 1 rings (SSSR count). The first-order valence-corrected chi connectivity index (χ1v) is 7.27. The van der Waals surface area contributed by atoms with Crippen LogP contribution in [0.25, 0.3) is 0 Å². The molecule has 0 aromatic heterocycles. The van der Waals surface area contributed by atoms with Gasteiger partial charge in [-0.3, -0.25) is 9.69 Å². The van der Waals surface area contributed by atoms with E-state index in [-0.39, 0.29) is 5.78 Å². The Morgan fingerprint density at radius 2 is 1.68 bits per heavy atom. The van der Waals surface area contributed by atoms with E-state index in [4.69, 9.17) is 0 Å². The van der Waals surface area contributed by atoms with Gasteiger partial charge in [-0.25, -0.2) is 0 Å². The number of carbonyl (C=O) groups excluding carboxylic acids is 1. The molecule has 0 aliphatic heterocycles. The van der Waals surface area contributed by atoms with Crippen LogP contribution in [-0.2, 0) is 0 Å². The first-order valence-electron chi connectivity index (χ1n) is 7.27. The molecule has 2 heteroatoms. The van der Waals surface area contributed by atoms with E-state index in [2.05, 4.69) is 46.4 Å². The molecule has 1 aromatic carbocycles. The lowest BCUT2D eigenvalue weighted by atomic mass is 9.86. The van der Waals surface area contributed by atoms with Gasteiger partial charge in [-0.2, -0.15) is 0 Å². The van der Waals surface area contributed by atoms with Crippen molar-refractivity contribution in [3.63, 3.8) is 0 Å². The molecule has 0 fully saturated rings. The highest BCUT2D eigenvalue weighted by Crippen LogP contribution is 2.25. The molecule has 106 valence electrons. The third kappa shape index (κ3) is 3.06. The van der Waals surface area contributed by atoms with Crippen LogP contribution in [0.2, 0.25) is 0 Å². The minimum absolute atomic E-state index is 0.238. The second-order valence-corrected chi connectivity index (χ2v) is 5.43. The first kappa shape index (κ1) is 15.9. The number of likely N-dealkylation sites (N-methyl/N-ethyl adjacent to an activating group) is 1. The summed E-state index contributed by atoms with van der Waals surface area (Å²) < 4.78 is 0. The molecule has 0 bridgehead atoms.